The number of ether oxygens (including phenoxy) is 1. The summed E-state index contributed by atoms with van der Waals surface area (Å²) in [7, 11) is -3.75. The first-order valence-corrected chi connectivity index (χ1v) is 10.6. The van der Waals surface area contributed by atoms with Crippen molar-refractivity contribution in [1.82, 2.24) is 9.71 Å². The zero-order valence-corrected chi connectivity index (χ0v) is 16.5. The average molecular weight is 406 g/mol. The zero-order valence-electron chi connectivity index (χ0n) is 14.9. The van der Waals surface area contributed by atoms with Crippen molar-refractivity contribution in [3.05, 3.63) is 48.0 Å². The van der Waals surface area contributed by atoms with Crippen molar-refractivity contribution in [1.29, 1.82) is 0 Å². The number of carbonyl (C=O) groups is 1. The van der Waals surface area contributed by atoms with Crippen LogP contribution in [0.25, 0.3) is 10.2 Å². The predicted octanol–water partition coefficient (Wildman–Crippen LogP) is 2.92. The molecule has 0 spiro atoms. The molecule has 0 saturated heterocycles. The number of thiazole rings is 1. The number of anilines is 1. The topological polar surface area (TPSA) is 97.4 Å². The van der Waals surface area contributed by atoms with E-state index in [1.165, 1.54) is 23.5 Å². The van der Waals surface area contributed by atoms with E-state index in [0.29, 0.717) is 23.0 Å². The van der Waals surface area contributed by atoms with Crippen LogP contribution >= 0.6 is 11.3 Å². The fourth-order valence-electron chi connectivity index (χ4n) is 2.37. The summed E-state index contributed by atoms with van der Waals surface area (Å²) in [6.45, 7) is 3.88. The maximum absolute atomic E-state index is 12.2. The molecule has 0 bridgehead atoms. The summed E-state index contributed by atoms with van der Waals surface area (Å²) in [4.78, 5) is 16.6. The SMILES string of the molecule is CCOc1cccc2sc(NC(=O)CNS(=O)(=O)c3ccc(C)cc3)nc12. The number of aryl methyl sites for hydroxylation is 1. The largest absolute Gasteiger partial charge is 0.492 e. The third kappa shape index (κ3) is 4.62. The van der Waals surface area contributed by atoms with E-state index >= 15 is 0 Å². The van der Waals surface area contributed by atoms with Gasteiger partial charge in [-0.15, -0.1) is 0 Å². The minimum Gasteiger partial charge on any atom is -0.492 e. The number of hydrogen-bond donors (Lipinski definition) is 2. The highest BCUT2D eigenvalue weighted by Gasteiger charge is 2.16. The monoisotopic (exact) mass is 405 g/mol. The number of nitrogens with zero attached hydrogens (tertiary/aromatic N) is 1. The van der Waals surface area contributed by atoms with Crippen LogP contribution in [0.15, 0.2) is 47.4 Å². The summed E-state index contributed by atoms with van der Waals surface area (Å²) in [5.41, 5.74) is 1.62. The highest BCUT2D eigenvalue weighted by Crippen LogP contribution is 2.32. The Morgan fingerprint density at radius 2 is 1.93 bits per heavy atom. The van der Waals surface area contributed by atoms with Gasteiger partial charge in [0.1, 0.15) is 11.3 Å². The molecule has 0 atom stereocenters. The van der Waals surface area contributed by atoms with E-state index in [2.05, 4.69) is 15.0 Å². The fourth-order valence-corrected chi connectivity index (χ4v) is 4.26. The Kier molecular flexibility index (Phi) is 5.73. The number of aromatic nitrogens is 1. The Hall–Kier alpha value is -2.49. The maximum Gasteiger partial charge on any atom is 0.241 e. The van der Waals surface area contributed by atoms with Crippen LogP contribution < -0.4 is 14.8 Å². The van der Waals surface area contributed by atoms with E-state index in [0.717, 1.165) is 10.3 Å². The molecule has 1 heterocycles. The Balaban J connectivity index is 1.66. The third-order valence-corrected chi connectivity index (χ3v) is 6.04. The van der Waals surface area contributed by atoms with Gasteiger partial charge in [0.25, 0.3) is 0 Å². The Bertz CT molecular complexity index is 1060. The molecule has 0 aliphatic carbocycles. The Morgan fingerprint density at radius 3 is 2.63 bits per heavy atom. The van der Waals surface area contributed by atoms with Crippen LogP contribution in [0.3, 0.4) is 0 Å². The quantitative estimate of drug-likeness (QED) is 0.630. The van der Waals surface area contributed by atoms with Gasteiger partial charge in [-0.3, -0.25) is 4.79 Å². The van der Waals surface area contributed by atoms with Crippen LogP contribution in [0.1, 0.15) is 12.5 Å². The molecule has 1 amide bonds. The molecule has 0 unspecified atom stereocenters. The zero-order chi connectivity index (χ0) is 19.4. The van der Waals surface area contributed by atoms with Crippen molar-refractivity contribution < 1.29 is 17.9 Å². The van der Waals surface area contributed by atoms with Crippen LogP contribution in [0.5, 0.6) is 5.75 Å². The lowest BCUT2D eigenvalue weighted by molar-refractivity contribution is -0.115. The van der Waals surface area contributed by atoms with Crippen LogP contribution in [0.2, 0.25) is 0 Å². The molecular formula is C18H19N3O4S2. The molecule has 9 heteroatoms. The summed E-state index contributed by atoms with van der Waals surface area (Å²) in [6.07, 6.45) is 0. The molecule has 142 valence electrons. The number of para-hydroxylation sites is 1. The second kappa shape index (κ2) is 8.03. The standard InChI is InChI=1S/C18H19N3O4S2/c1-3-25-14-5-4-6-15-17(14)21-18(26-15)20-16(22)11-19-27(23,24)13-9-7-12(2)8-10-13/h4-10,19H,3,11H2,1-2H3,(H,20,21,22). The highest BCUT2D eigenvalue weighted by atomic mass is 32.2. The van der Waals surface area contributed by atoms with Crippen molar-refractivity contribution in [3.8, 4) is 5.75 Å². The number of rotatable bonds is 7. The summed E-state index contributed by atoms with van der Waals surface area (Å²) >= 11 is 1.30. The van der Waals surface area contributed by atoms with E-state index in [1.807, 2.05) is 32.0 Å². The second-order valence-electron chi connectivity index (χ2n) is 5.74. The number of benzene rings is 2. The Labute approximate surface area is 161 Å². The summed E-state index contributed by atoms with van der Waals surface area (Å²) < 4.78 is 33.2. The van der Waals surface area contributed by atoms with E-state index in [4.69, 9.17) is 4.74 Å². The second-order valence-corrected chi connectivity index (χ2v) is 8.54. The van der Waals surface area contributed by atoms with Crippen molar-refractivity contribution >= 4 is 42.6 Å². The van der Waals surface area contributed by atoms with Gasteiger partial charge in [-0.05, 0) is 38.1 Å². The van der Waals surface area contributed by atoms with Gasteiger partial charge >= 0.3 is 0 Å². The number of sulfonamides is 1. The van der Waals surface area contributed by atoms with Crippen LogP contribution in [0, 0.1) is 6.92 Å². The molecule has 2 aromatic carbocycles. The lowest BCUT2D eigenvalue weighted by Gasteiger charge is -2.06. The van der Waals surface area contributed by atoms with Gasteiger partial charge in [0.05, 0.1) is 22.7 Å². The van der Waals surface area contributed by atoms with Crippen molar-refractivity contribution in [2.24, 2.45) is 0 Å². The summed E-state index contributed by atoms with van der Waals surface area (Å²) in [5, 5.41) is 3.01. The van der Waals surface area contributed by atoms with Gasteiger partial charge in [-0.25, -0.2) is 18.1 Å². The molecule has 0 saturated carbocycles. The molecule has 7 nitrogen and oxygen atoms in total. The third-order valence-electron chi connectivity index (χ3n) is 3.68. The van der Waals surface area contributed by atoms with Gasteiger partial charge < -0.3 is 10.1 Å². The van der Waals surface area contributed by atoms with Gasteiger partial charge in [-0.2, -0.15) is 0 Å². The minimum absolute atomic E-state index is 0.113. The smallest absolute Gasteiger partial charge is 0.241 e. The van der Waals surface area contributed by atoms with Gasteiger partial charge in [0, 0.05) is 0 Å². The molecule has 3 aromatic rings. The summed E-state index contributed by atoms with van der Waals surface area (Å²) in [5.74, 6) is 0.148. The lowest BCUT2D eigenvalue weighted by atomic mass is 10.2. The molecule has 27 heavy (non-hydrogen) atoms. The van der Waals surface area contributed by atoms with Gasteiger partial charge in [0.2, 0.25) is 15.9 Å². The molecule has 0 aliphatic rings. The van der Waals surface area contributed by atoms with E-state index < -0.39 is 15.9 Å². The van der Waals surface area contributed by atoms with Crippen LogP contribution in [-0.4, -0.2) is 32.5 Å². The Morgan fingerprint density at radius 1 is 1.19 bits per heavy atom. The molecule has 0 radical (unpaired) electrons. The fraction of sp³-hybridized carbons (Fsp3) is 0.222. The number of hydrogen-bond acceptors (Lipinski definition) is 6. The maximum atomic E-state index is 12.2. The van der Waals surface area contributed by atoms with Gasteiger partial charge in [-0.1, -0.05) is 35.1 Å². The normalized spacial score (nSPS) is 11.5. The molecule has 1 aromatic heterocycles. The number of carbonyl (C=O) groups excluding carboxylic acids is 1. The lowest BCUT2D eigenvalue weighted by Crippen LogP contribution is -2.32. The highest BCUT2D eigenvalue weighted by molar-refractivity contribution is 7.89. The first-order valence-electron chi connectivity index (χ1n) is 8.27. The summed E-state index contributed by atoms with van der Waals surface area (Å²) in [6, 6.07) is 11.9. The predicted molar refractivity (Wildman–Crippen MR) is 106 cm³/mol. The van der Waals surface area contributed by atoms with Gasteiger partial charge in [0.15, 0.2) is 5.13 Å². The molecule has 2 N–H and O–H groups in total. The van der Waals surface area contributed by atoms with Crippen LogP contribution in [0.4, 0.5) is 5.13 Å². The average Bonchev–Trinajstić information content (AvgIpc) is 3.04. The van der Waals surface area contributed by atoms with Crippen LogP contribution in [-0.2, 0) is 14.8 Å². The first-order chi connectivity index (χ1) is 12.9. The van der Waals surface area contributed by atoms with Crippen molar-refractivity contribution in [2.75, 3.05) is 18.5 Å². The molecular weight excluding hydrogens is 386 g/mol. The molecule has 3 rings (SSSR count). The minimum atomic E-state index is -3.75. The van der Waals surface area contributed by atoms with Crippen molar-refractivity contribution in [2.45, 2.75) is 18.7 Å². The number of amides is 1. The van der Waals surface area contributed by atoms with E-state index in [-0.39, 0.29) is 11.4 Å². The molecule has 0 fully saturated rings. The van der Waals surface area contributed by atoms with Crippen molar-refractivity contribution in [3.63, 3.8) is 0 Å². The van der Waals surface area contributed by atoms with E-state index in [1.54, 1.807) is 12.1 Å². The number of fused-ring (bicyclic) bond motifs is 1. The molecule has 0 aliphatic heterocycles. The first kappa shape index (κ1) is 19.3. The van der Waals surface area contributed by atoms with E-state index in [9.17, 15) is 13.2 Å². The number of nitrogens with one attached hydrogen (secondary N) is 2.